The van der Waals surface area contributed by atoms with Gasteiger partial charge in [-0.05, 0) is 101 Å². The highest BCUT2D eigenvalue weighted by molar-refractivity contribution is 7.92. The number of amides is 1. The van der Waals surface area contributed by atoms with Gasteiger partial charge in [0.05, 0.1) is 16.8 Å². The van der Waals surface area contributed by atoms with E-state index in [1.807, 2.05) is 56.3 Å². The molecule has 0 saturated heterocycles. The summed E-state index contributed by atoms with van der Waals surface area (Å²) in [4.78, 5) is 13.0. The van der Waals surface area contributed by atoms with Gasteiger partial charge in [0.2, 0.25) is 0 Å². The number of nitrogens with one attached hydrogen (secondary N) is 1. The van der Waals surface area contributed by atoms with Crippen molar-refractivity contribution in [1.82, 2.24) is 5.43 Å². The van der Waals surface area contributed by atoms with Crippen LogP contribution < -0.4 is 14.5 Å². The van der Waals surface area contributed by atoms with E-state index >= 15 is 0 Å². The standard InChI is InChI=1S/C34H31N3O4S/c1-25-12-17-31(20-26(25)2)37(42(39,40)33-10-4-3-5-11-33)23-34(38)36-35-22-27-14-18-32(19-15-27)41-24-28-13-16-29-8-6-7-9-30(29)21-28/h3-22H,23-24H2,1-2H3,(H,36,38)/b35-22-. The fourth-order valence-corrected chi connectivity index (χ4v) is 5.84. The molecule has 5 rings (SSSR count). The molecule has 0 aliphatic carbocycles. The number of anilines is 1. The van der Waals surface area contributed by atoms with Gasteiger partial charge in [-0.2, -0.15) is 5.10 Å². The summed E-state index contributed by atoms with van der Waals surface area (Å²) >= 11 is 0. The highest BCUT2D eigenvalue weighted by atomic mass is 32.2. The van der Waals surface area contributed by atoms with E-state index in [1.165, 1.54) is 29.1 Å². The predicted molar refractivity (Wildman–Crippen MR) is 167 cm³/mol. The molecule has 0 radical (unpaired) electrons. The minimum absolute atomic E-state index is 0.0995. The molecule has 0 heterocycles. The van der Waals surface area contributed by atoms with Crippen molar-refractivity contribution >= 4 is 38.6 Å². The highest BCUT2D eigenvalue weighted by Gasteiger charge is 2.27. The normalized spacial score (nSPS) is 11.5. The van der Waals surface area contributed by atoms with Crippen molar-refractivity contribution in [3.63, 3.8) is 0 Å². The number of nitrogens with zero attached hydrogens (tertiary/aromatic N) is 2. The van der Waals surface area contributed by atoms with E-state index in [0.717, 1.165) is 26.6 Å². The van der Waals surface area contributed by atoms with Gasteiger partial charge in [0.1, 0.15) is 18.9 Å². The summed E-state index contributed by atoms with van der Waals surface area (Å²) in [5.74, 6) is 0.138. The molecular formula is C34H31N3O4S. The zero-order valence-corrected chi connectivity index (χ0v) is 24.2. The molecule has 212 valence electrons. The second-order valence-corrected chi connectivity index (χ2v) is 11.8. The smallest absolute Gasteiger partial charge is 0.264 e. The lowest BCUT2D eigenvalue weighted by atomic mass is 10.1. The monoisotopic (exact) mass is 577 g/mol. The van der Waals surface area contributed by atoms with Crippen LogP contribution in [0.25, 0.3) is 10.8 Å². The van der Waals surface area contributed by atoms with Gasteiger partial charge in [-0.25, -0.2) is 13.8 Å². The number of fused-ring (bicyclic) bond motifs is 1. The van der Waals surface area contributed by atoms with Crippen molar-refractivity contribution < 1.29 is 17.9 Å². The number of benzene rings is 5. The highest BCUT2D eigenvalue weighted by Crippen LogP contribution is 2.25. The van der Waals surface area contributed by atoms with E-state index in [0.29, 0.717) is 18.0 Å². The number of aryl methyl sites for hydroxylation is 2. The molecular weight excluding hydrogens is 546 g/mol. The van der Waals surface area contributed by atoms with E-state index < -0.39 is 22.5 Å². The Hall–Kier alpha value is -4.95. The summed E-state index contributed by atoms with van der Waals surface area (Å²) in [6, 6.07) is 35.1. The fraction of sp³-hybridized carbons (Fsp3) is 0.118. The van der Waals surface area contributed by atoms with Crippen LogP contribution >= 0.6 is 0 Å². The minimum Gasteiger partial charge on any atom is -0.489 e. The SMILES string of the molecule is Cc1ccc(N(CC(=O)N/N=C\c2ccc(OCc3ccc4ccccc4c3)cc2)S(=O)(=O)c2ccccc2)cc1C. The van der Waals surface area contributed by atoms with E-state index in [2.05, 4.69) is 40.9 Å². The maximum absolute atomic E-state index is 13.5. The van der Waals surface area contributed by atoms with Gasteiger partial charge >= 0.3 is 0 Å². The third-order valence-electron chi connectivity index (χ3n) is 6.90. The molecule has 0 aliphatic heterocycles. The number of carbonyl (C=O) groups excluding carboxylic acids is 1. The quantitative estimate of drug-likeness (QED) is 0.154. The lowest BCUT2D eigenvalue weighted by Crippen LogP contribution is -2.39. The largest absolute Gasteiger partial charge is 0.489 e. The number of carbonyl (C=O) groups is 1. The van der Waals surface area contributed by atoms with Crippen LogP contribution in [0.2, 0.25) is 0 Å². The summed E-state index contributed by atoms with van der Waals surface area (Å²) in [5.41, 5.74) is 6.62. The summed E-state index contributed by atoms with van der Waals surface area (Å²) in [5, 5.41) is 6.40. The Morgan fingerprint density at radius 2 is 1.52 bits per heavy atom. The van der Waals surface area contributed by atoms with Crippen molar-refractivity contribution in [2.24, 2.45) is 5.10 Å². The Morgan fingerprint density at radius 1 is 0.810 bits per heavy atom. The van der Waals surface area contributed by atoms with Crippen molar-refractivity contribution in [1.29, 1.82) is 0 Å². The van der Waals surface area contributed by atoms with Crippen LogP contribution in [0.15, 0.2) is 125 Å². The molecule has 8 heteroatoms. The second-order valence-electron chi connectivity index (χ2n) is 9.93. The van der Waals surface area contributed by atoms with Crippen molar-refractivity contribution in [2.75, 3.05) is 10.8 Å². The first-order valence-corrected chi connectivity index (χ1v) is 14.9. The molecule has 0 fully saturated rings. The van der Waals surface area contributed by atoms with Crippen molar-refractivity contribution in [2.45, 2.75) is 25.3 Å². The Kier molecular flexibility index (Phi) is 8.64. The maximum atomic E-state index is 13.5. The van der Waals surface area contributed by atoms with Crippen LogP contribution in [-0.4, -0.2) is 27.1 Å². The Morgan fingerprint density at radius 3 is 2.26 bits per heavy atom. The fourth-order valence-electron chi connectivity index (χ4n) is 4.41. The first kappa shape index (κ1) is 28.6. The maximum Gasteiger partial charge on any atom is 0.264 e. The van der Waals surface area contributed by atoms with Crippen LogP contribution in [0.4, 0.5) is 5.69 Å². The summed E-state index contributed by atoms with van der Waals surface area (Å²) in [6.07, 6.45) is 1.50. The van der Waals surface area contributed by atoms with Crippen molar-refractivity contribution in [3.8, 4) is 5.75 Å². The van der Waals surface area contributed by atoms with E-state index in [1.54, 1.807) is 30.3 Å². The average molecular weight is 578 g/mol. The van der Waals surface area contributed by atoms with Gasteiger partial charge in [-0.1, -0.05) is 60.7 Å². The lowest BCUT2D eigenvalue weighted by Gasteiger charge is -2.24. The third-order valence-corrected chi connectivity index (χ3v) is 8.69. The second kappa shape index (κ2) is 12.7. The predicted octanol–water partition coefficient (Wildman–Crippen LogP) is 6.38. The van der Waals surface area contributed by atoms with Crippen molar-refractivity contribution in [3.05, 3.63) is 138 Å². The molecule has 7 nitrogen and oxygen atoms in total. The zero-order chi connectivity index (χ0) is 29.5. The van der Waals surface area contributed by atoms with E-state index in [-0.39, 0.29) is 4.90 Å². The van der Waals surface area contributed by atoms with Gasteiger partial charge in [0, 0.05) is 0 Å². The Bertz CT molecular complexity index is 1840. The molecule has 0 bridgehead atoms. The molecule has 5 aromatic rings. The molecule has 42 heavy (non-hydrogen) atoms. The number of hydrazone groups is 1. The van der Waals surface area contributed by atoms with Gasteiger partial charge in [-0.3, -0.25) is 9.10 Å². The van der Waals surface area contributed by atoms with Crippen LogP contribution in [-0.2, 0) is 21.4 Å². The van der Waals surface area contributed by atoms with Gasteiger partial charge in [-0.15, -0.1) is 0 Å². The molecule has 0 spiro atoms. The Balaban J connectivity index is 1.21. The molecule has 5 aromatic carbocycles. The average Bonchev–Trinajstić information content (AvgIpc) is 3.01. The van der Waals surface area contributed by atoms with Crippen LogP contribution in [0.5, 0.6) is 5.75 Å². The van der Waals surface area contributed by atoms with E-state index in [9.17, 15) is 13.2 Å². The minimum atomic E-state index is -3.99. The number of ether oxygens (including phenoxy) is 1. The van der Waals surface area contributed by atoms with Crippen LogP contribution in [0.3, 0.4) is 0 Å². The summed E-state index contributed by atoms with van der Waals surface area (Å²) in [7, 11) is -3.99. The van der Waals surface area contributed by atoms with Gasteiger partial charge in [0.25, 0.3) is 15.9 Å². The third kappa shape index (κ3) is 6.85. The van der Waals surface area contributed by atoms with Gasteiger partial charge in [0.15, 0.2) is 0 Å². The van der Waals surface area contributed by atoms with Crippen LogP contribution in [0, 0.1) is 13.8 Å². The number of hydrogen-bond donors (Lipinski definition) is 1. The topological polar surface area (TPSA) is 88.1 Å². The first-order valence-electron chi connectivity index (χ1n) is 13.5. The van der Waals surface area contributed by atoms with E-state index in [4.69, 9.17) is 4.74 Å². The first-order chi connectivity index (χ1) is 20.3. The number of rotatable bonds is 10. The number of hydrogen-bond acceptors (Lipinski definition) is 5. The van der Waals surface area contributed by atoms with Gasteiger partial charge < -0.3 is 4.74 Å². The molecule has 0 aromatic heterocycles. The molecule has 1 N–H and O–H groups in total. The van der Waals surface area contributed by atoms with Crippen LogP contribution in [0.1, 0.15) is 22.3 Å². The summed E-state index contributed by atoms with van der Waals surface area (Å²) in [6.45, 7) is 3.85. The molecule has 0 atom stereocenters. The summed E-state index contributed by atoms with van der Waals surface area (Å²) < 4.78 is 34.0. The zero-order valence-electron chi connectivity index (χ0n) is 23.4. The number of sulfonamides is 1. The molecule has 0 saturated carbocycles. The lowest BCUT2D eigenvalue weighted by molar-refractivity contribution is -0.119. The molecule has 1 amide bonds. The molecule has 0 unspecified atom stereocenters. The Labute approximate surface area is 246 Å². The molecule has 0 aliphatic rings.